The number of hydrogen-bond donors (Lipinski definition) is 0. The van der Waals surface area contributed by atoms with E-state index in [1.54, 1.807) is 0 Å². The van der Waals surface area contributed by atoms with Gasteiger partial charge in [-0.2, -0.15) is 0 Å². The van der Waals surface area contributed by atoms with E-state index in [4.69, 9.17) is 0 Å². The summed E-state index contributed by atoms with van der Waals surface area (Å²) in [4.78, 5) is 0. The highest BCUT2D eigenvalue weighted by molar-refractivity contribution is 7.32. The van der Waals surface area contributed by atoms with Gasteiger partial charge >= 0.3 is 0 Å². The molecule has 1 aliphatic rings. The van der Waals surface area contributed by atoms with E-state index in [0.29, 0.717) is 0 Å². The van der Waals surface area contributed by atoms with Gasteiger partial charge in [0, 0.05) is 0 Å². The van der Waals surface area contributed by atoms with Crippen molar-refractivity contribution in [1.82, 2.24) is 12.7 Å². The van der Waals surface area contributed by atoms with Crippen molar-refractivity contribution in [2.24, 2.45) is 0 Å². The summed E-state index contributed by atoms with van der Waals surface area (Å²) in [5, 5.41) is 0. The third-order valence-electron chi connectivity index (χ3n) is 2.82. The Bertz CT molecular complexity index is 271. The fraction of sp³-hybridized carbons (Fsp3) is 0.333. The first-order valence-corrected chi connectivity index (χ1v) is 14.4. The van der Waals surface area contributed by atoms with Crippen molar-refractivity contribution < 1.29 is 0 Å². The zero-order chi connectivity index (χ0) is 12.3. The molecule has 90 valence electrons. The summed E-state index contributed by atoms with van der Waals surface area (Å²) >= 11 is 0. The van der Waals surface area contributed by atoms with Gasteiger partial charge in [-0.3, -0.25) is 0 Å². The molecule has 0 aromatic carbocycles. The Hall–Kier alpha value is -0.512. The lowest BCUT2D eigenvalue weighted by Crippen LogP contribution is -2.71. The normalized spacial score (nSPS) is 24.9. The van der Waals surface area contributed by atoms with Crippen LogP contribution in [0.25, 0.3) is 0 Å². The zero-order valence-electron chi connectivity index (χ0n) is 10.7. The molecule has 0 amide bonds. The Morgan fingerprint density at radius 2 is 1.38 bits per heavy atom. The molecule has 3 nitrogen and oxygen atoms in total. The predicted molar refractivity (Wildman–Crippen MR) is 83.7 cm³/mol. The maximum absolute atomic E-state index is 4.00. The summed E-state index contributed by atoms with van der Waals surface area (Å²) < 4.78 is 7.64. The Labute approximate surface area is 107 Å². The lowest BCUT2D eigenvalue weighted by atomic mass is 11.1. The average molecular weight is 286 g/mol. The smallest absolute Gasteiger partial charge is 0.215 e. The highest BCUT2D eigenvalue weighted by atomic mass is 29.2. The van der Waals surface area contributed by atoms with Gasteiger partial charge in [0.2, 0.25) is 28.3 Å². The SMILES string of the molecule is C=CN1[SiH2]N(C=C)[SiH]([Si](C)(C)C)N(C=C)[SiH2]1. The second-order valence-corrected chi connectivity index (χ2v) is 24.7. The standard InChI is InChI=1S/C9H23N3Si4/c1-7-10-13-11(8-2)15(16(4,5)6)12(9-3)14-10/h7-9,15H,1-3,13-14H2,4-6H3. The molecule has 0 radical (unpaired) electrons. The van der Waals surface area contributed by atoms with E-state index < -0.39 is 16.2 Å². The van der Waals surface area contributed by atoms with Crippen molar-refractivity contribution in [1.29, 1.82) is 0 Å². The van der Waals surface area contributed by atoms with Crippen LogP contribution in [0.1, 0.15) is 0 Å². The molecule has 1 rings (SSSR count). The largest absolute Gasteiger partial charge is 0.409 e. The van der Waals surface area contributed by atoms with Crippen molar-refractivity contribution in [3.63, 3.8) is 0 Å². The van der Waals surface area contributed by atoms with Gasteiger partial charge in [0.1, 0.15) is 0 Å². The van der Waals surface area contributed by atoms with E-state index in [2.05, 4.69) is 64.5 Å². The summed E-state index contributed by atoms with van der Waals surface area (Å²) in [6.45, 7) is 19.3. The monoisotopic (exact) mass is 285 g/mol. The molecule has 0 spiro atoms. The highest BCUT2D eigenvalue weighted by Gasteiger charge is 2.40. The molecule has 0 aromatic rings. The van der Waals surface area contributed by atoms with E-state index in [-0.39, 0.29) is 19.7 Å². The van der Waals surface area contributed by atoms with Crippen molar-refractivity contribution in [2.45, 2.75) is 19.6 Å². The molecule has 0 bridgehead atoms. The summed E-state index contributed by atoms with van der Waals surface area (Å²) in [6, 6.07) is 0. The van der Waals surface area contributed by atoms with Gasteiger partial charge in [0.15, 0.2) is 0 Å². The lowest BCUT2D eigenvalue weighted by Gasteiger charge is -2.51. The molecule has 7 heteroatoms. The van der Waals surface area contributed by atoms with Crippen LogP contribution in [0.4, 0.5) is 0 Å². The first-order valence-electron chi connectivity index (χ1n) is 5.57. The quantitative estimate of drug-likeness (QED) is 0.672. The molecule has 0 atom stereocenters. The van der Waals surface area contributed by atoms with Crippen LogP contribution >= 0.6 is 0 Å². The van der Waals surface area contributed by atoms with Gasteiger partial charge in [-0.1, -0.05) is 39.4 Å². The number of rotatable bonds is 4. The summed E-state index contributed by atoms with van der Waals surface area (Å²) in [6.07, 6.45) is 6.16. The topological polar surface area (TPSA) is 9.72 Å². The Kier molecular flexibility index (Phi) is 4.41. The second-order valence-electron chi connectivity index (χ2n) is 5.19. The highest BCUT2D eigenvalue weighted by Crippen LogP contribution is 2.18. The van der Waals surface area contributed by atoms with Gasteiger partial charge in [-0.05, 0) is 18.6 Å². The third kappa shape index (κ3) is 2.78. The van der Waals surface area contributed by atoms with E-state index >= 15 is 0 Å². The molecule has 0 N–H and O–H groups in total. The molecule has 1 heterocycles. The van der Waals surface area contributed by atoms with Crippen molar-refractivity contribution in [3.05, 3.63) is 38.3 Å². The van der Waals surface area contributed by atoms with Crippen molar-refractivity contribution >= 4 is 35.9 Å². The Balaban J connectivity index is 2.97. The maximum Gasteiger partial charge on any atom is 0.215 e. The van der Waals surface area contributed by atoms with Crippen LogP contribution in [0.15, 0.2) is 38.3 Å². The van der Waals surface area contributed by atoms with Gasteiger partial charge in [-0.25, -0.2) is 0 Å². The molecule has 1 aliphatic heterocycles. The molecule has 0 unspecified atom stereocenters. The summed E-state index contributed by atoms with van der Waals surface area (Å²) in [5.41, 5.74) is 0. The molecule has 1 fully saturated rings. The molecule has 0 aliphatic carbocycles. The van der Waals surface area contributed by atoms with E-state index in [0.717, 1.165) is 0 Å². The number of hydrogen-bond acceptors (Lipinski definition) is 3. The first kappa shape index (κ1) is 13.6. The van der Waals surface area contributed by atoms with Crippen LogP contribution in [0.3, 0.4) is 0 Å². The molecule has 0 aromatic heterocycles. The maximum atomic E-state index is 4.00. The minimum atomic E-state index is -1.11. The van der Waals surface area contributed by atoms with Crippen LogP contribution in [0.2, 0.25) is 19.6 Å². The van der Waals surface area contributed by atoms with Crippen molar-refractivity contribution in [2.75, 3.05) is 0 Å². The molecular formula is C9H23N3Si4. The first-order chi connectivity index (χ1) is 7.43. The van der Waals surface area contributed by atoms with Gasteiger partial charge in [0.05, 0.1) is 7.59 Å². The minimum absolute atomic E-state index is 0.333. The van der Waals surface area contributed by atoms with Crippen molar-refractivity contribution in [3.8, 4) is 0 Å². The van der Waals surface area contributed by atoms with Gasteiger partial charge in [-0.15, -0.1) is 0 Å². The van der Waals surface area contributed by atoms with Crippen LogP contribution in [0.5, 0.6) is 0 Å². The van der Waals surface area contributed by atoms with Gasteiger partial charge < -0.3 is 12.7 Å². The van der Waals surface area contributed by atoms with Crippen LogP contribution in [-0.2, 0) is 0 Å². The van der Waals surface area contributed by atoms with E-state index in [1.807, 2.05) is 6.20 Å². The minimum Gasteiger partial charge on any atom is -0.409 e. The Morgan fingerprint density at radius 3 is 1.62 bits per heavy atom. The molecule has 16 heavy (non-hydrogen) atoms. The fourth-order valence-corrected chi connectivity index (χ4v) is 31.8. The summed E-state index contributed by atoms with van der Waals surface area (Å²) in [7, 11) is -2.77. The van der Waals surface area contributed by atoms with Crippen LogP contribution in [0, 0.1) is 0 Å². The van der Waals surface area contributed by atoms with Crippen LogP contribution in [-0.4, -0.2) is 48.6 Å². The molecular weight excluding hydrogens is 262 g/mol. The Morgan fingerprint density at radius 1 is 0.938 bits per heavy atom. The van der Waals surface area contributed by atoms with Gasteiger partial charge in [0.25, 0.3) is 0 Å². The molecule has 1 saturated heterocycles. The second kappa shape index (κ2) is 5.21. The fourth-order valence-electron chi connectivity index (χ4n) is 2.23. The molecule has 0 saturated carbocycles. The number of nitrogens with zero attached hydrogens (tertiary/aromatic N) is 3. The third-order valence-corrected chi connectivity index (χ3v) is 21.5. The van der Waals surface area contributed by atoms with E-state index in [1.165, 1.54) is 0 Å². The predicted octanol–water partition coefficient (Wildman–Crippen LogP) is -0.0288. The lowest BCUT2D eigenvalue weighted by molar-refractivity contribution is 0.665. The van der Waals surface area contributed by atoms with E-state index in [9.17, 15) is 0 Å². The zero-order valence-corrected chi connectivity index (χ0v) is 15.7. The average Bonchev–Trinajstić information content (AvgIpc) is 2.25. The summed E-state index contributed by atoms with van der Waals surface area (Å²) in [5.74, 6) is 0. The van der Waals surface area contributed by atoms with Crippen LogP contribution < -0.4 is 0 Å².